The normalized spacial score (nSPS) is 15.3. The van der Waals surface area contributed by atoms with Crippen molar-refractivity contribution in [2.24, 2.45) is 0 Å². The van der Waals surface area contributed by atoms with Crippen LogP contribution in [-0.4, -0.2) is 22.2 Å². The summed E-state index contributed by atoms with van der Waals surface area (Å²) in [5.41, 5.74) is 3.72. The molecule has 0 aliphatic carbocycles. The Hall–Kier alpha value is -3.15. The summed E-state index contributed by atoms with van der Waals surface area (Å²) in [4.78, 5) is 16.1. The van der Waals surface area contributed by atoms with E-state index in [1.54, 1.807) is 12.4 Å². The Morgan fingerprint density at radius 1 is 1.23 bits per heavy atom. The number of amides is 1. The molecule has 1 amide bonds. The van der Waals surface area contributed by atoms with Gasteiger partial charge in [-0.05, 0) is 48.4 Å². The number of carbonyl (C=O) groups is 1. The van der Waals surface area contributed by atoms with Crippen LogP contribution in [-0.2, 0) is 24.2 Å². The van der Waals surface area contributed by atoms with E-state index in [-0.39, 0.29) is 18.4 Å². The van der Waals surface area contributed by atoms with Crippen molar-refractivity contribution in [1.29, 1.82) is 0 Å². The van der Waals surface area contributed by atoms with Gasteiger partial charge in [-0.2, -0.15) is 0 Å². The number of aromatic nitrogens is 2. The summed E-state index contributed by atoms with van der Waals surface area (Å²) in [6.07, 6.45) is 4.68. The van der Waals surface area contributed by atoms with Gasteiger partial charge in [-0.25, -0.2) is 0 Å². The molecule has 0 radical (unpaired) electrons. The second kappa shape index (κ2) is 7.00. The number of ether oxygens (including phenoxy) is 1. The largest absolute Gasteiger partial charge is 0.490 e. The van der Waals surface area contributed by atoms with Crippen LogP contribution >= 0.6 is 0 Å². The van der Waals surface area contributed by atoms with Crippen LogP contribution in [0.25, 0.3) is 11.3 Å². The van der Waals surface area contributed by atoms with Crippen LogP contribution in [0.15, 0.2) is 53.3 Å². The molecular formula is C20H19N3O3. The van der Waals surface area contributed by atoms with Crippen LogP contribution in [0.1, 0.15) is 23.7 Å². The van der Waals surface area contributed by atoms with Gasteiger partial charge in [0.05, 0.1) is 12.1 Å². The molecule has 0 saturated heterocycles. The van der Waals surface area contributed by atoms with E-state index in [9.17, 15) is 4.79 Å². The molecule has 4 rings (SSSR count). The quantitative estimate of drug-likeness (QED) is 0.766. The van der Waals surface area contributed by atoms with Crippen LogP contribution < -0.4 is 10.1 Å². The number of hydrogen-bond donors (Lipinski definition) is 1. The first-order valence-electron chi connectivity index (χ1n) is 8.58. The monoisotopic (exact) mass is 349 g/mol. The van der Waals surface area contributed by atoms with E-state index in [0.717, 1.165) is 23.3 Å². The molecule has 0 fully saturated rings. The highest BCUT2D eigenvalue weighted by Gasteiger charge is 2.20. The lowest BCUT2D eigenvalue weighted by molar-refractivity contribution is -0.120. The Morgan fingerprint density at radius 2 is 2.08 bits per heavy atom. The minimum atomic E-state index is -0.0992. The maximum Gasteiger partial charge on any atom is 0.226 e. The number of benzene rings is 1. The zero-order valence-corrected chi connectivity index (χ0v) is 14.4. The Bertz CT molecular complexity index is 921. The summed E-state index contributed by atoms with van der Waals surface area (Å²) in [6, 6.07) is 11.5. The molecule has 0 spiro atoms. The smallest absolute Gasteiger partial charge is 0.226 e. The first-order valence-corrected chi connectivity index (χ1v) is 8.58. The number of pyridine rings is 1. The lowest BCUT2D eigenvalue weighted by atomic mass is 10.1. The molecule has 3 aromatic rings. The fourth-order valence-corrected chi connectivity index (χ4v) is 3.03. The zero-order valence-electron chi connectivity index (χ0n) is 14.4. The Balaban J connectivity index is 1.39. The Labute approximate surface area is 151 Å². The third-order valence-corrected chi connectivity index (χ3v) is 4.32. The molecule has 0 bridgehead atoms. The van der Waals surface area contributed by atoms with Gasteiger partial charge in [0.1, 0.15) is 11.9 Å². The Kier molecular flexibility index (Phi) is 4.39. The molecule has 6 heteroatoms. The maximum atomic E-state index is 12.1. The summed E-state index contributed by atoms with van der Waals surface area (Å²) >= 11 is 0. The first-order chi connectivity index (χ1) is 12.7. The highest BCUT2D eigenvalue weighted by molar-refractivity contribution is 5.78. The highest BCUT2D eigenvalue weighted by atomic mass is 16.5. The molecule has 0 unspecified atom stereocenters. The van der Waals surface area contributed by atoms with Crippen molar-refractivity contribution in [3.8, 4) is 17.1 Å². The van der Waals surface area contributed by atoms with Gasteiger partial charge in [0.15, 0.2) is 5.76 Å². The van der Waals surface area contributed by atoms with E-state index in [2.05, 4.69) is 28.4 Å². The third kappa shape index (κ3) is 3.59. The van der Waals surface area contributed by atoms with Crippen molar-refractivity contribution >= 4 is 5.91 Å². The summed E-state index contributed by atoms with van der Waals surface area (Å²) in [5, 5.41) is 6.89. The van der Waals surface area contributed by atoms with Gasteiger partial charge in [-0.1, -0.05) is 5.16 Å². The van der Waals surface area contributed by atoms with Gasteiger partial charge >= 0.3 is 0 Å². The number of carbonyl (C=O) groups excluding carboxylic acids is 1. The van der Waals surface area contributed by atoms with E-state index < -0.39 is 0 Å². The third-order valence-electron chi connectivity index (χ3n) is 4.32. The number of hydrogen-bond acceptors (Lipinski definition) is 5. The zero-order chi connectivity index (χ0) is 17.9. The van der Waals surface area contributed by atoms with Crippen LogP contribution in [0.5, 0.6) is 5.75 Å². The molecule has 3 heterocycles. The lowest BCUT2D eigenvalue weighted by Crippen LogP contribution is -2.24. The topological polar surface area (TPSA) is 77.3 Å². The SMILES string of the molecule is C[C@@H]1Cc2cc(-c3cc(CC(=O)NCc4ccncc4)no3)ccc2O1. The molecule has 1 atom stereocenters. The predicted octanol–water partition coefficient (Wildman–Crippen LogP) is 2.92. The molecule has 6 nitrogen and oxygen atoms in total. The second-order valence-electron chi connectivity index (χ2n) is 6.45. The molecule has 26 heavy (non-hydrogen) atoms. The summed E-state index contributed by atoms with van der Waals surface area (Å²) in [5.74, 6) is 1.48. The first kappa shape index (κ1) is 16.3. The van der Waals surface area contributed by atoms with E-state index in [4.69, 9.17) is 9.26 Å². The number of rotatable bonds is 5. The maximum absolute atomic E-state index is 12.1. The number of fused-ring (bicyclic) bond motifs is 1. The lowest BCUT2D eigenvalue weighted by Gasteiger charge is -2.03. The molecule has 1 N–H and O–H groups in total. The van der Waals surface area contributed by atoms with Crippen molar-refractivity contribution in [2.45, 2.75) is 32.4 Å². The summed E-state index contributed by atoms with van der Waals surface area (Å²) in [6.45, 7) is 2.52. The second-order valence-corrected chi connectivity index (χ2v) is 6.45. The van der Waals surface area contributed by atoms with E-state index >= 15 is 0 Å². The number of nitrogens with one attached hydrogen (secondary N) is 1. The minimum absolute atomic E-state index is 0.0992. The summed E-state index contributed by atoms with van der Waals surface area (Å²) in [7, 11) is 0. The van der Waals surface area contributed by atoms with Crippen LogP contribution in [0, 0.1) is 0 Å². The number of nitrogens with zero attached hydrogens (tertiary/aromatic N) is 2. The average Bonchev–Trinajstić information content (AvgIpc) is 3.25. The van der Waals surface area contributed by atoms with E-state index in [0.29, 0.717) is 18.0 Å². The van der Waals surface area contributed by atoms with Crippen LogP contribution in [0.3, 0.4) is 0 Å². The Morgan fingerprint density at radius 3 is 2.92 bits per heavy atom. The van der Waals surface area contributed by atoms with Crippen molar-refractivity contribution in [2.75, 3.05) is 0 Å². The molecule has 2 aromatic heterocycles. The molecule has 1 aliphatic heterocycles. The highest BCUT2D eigenvalue weighted by Crippen LogP contribution is 2.33. The minimum Gasteiger partial charge on any atom is -0.490 e. The van der Waals surface area contributed by atoms with Gasteiger partial charge in [0.25, 0.3) is 0 Å². The van der Waals surface area contributed by atoms with E-state index in [1.165, 1.54) is 5.56 Å². The van der Waals surface area contributed by atoms with Crippen molar-refractivity contribution in [3.05, 3.63) is 65.6 Å². The predicted molar refractivity (Wildman–Crippen MR) is 95.5 cm³/mol. The van der Waals surface area contributed by atoms with Gasteiger partial charge < -0.3 is 14.6 Å². The van der Waals surface area contributed by atoms with Crippen LogP contribution in [0.4, 0.5) is 0 Å². The van der Waals surface area contributed by atoms with Gasteiger partial charge in [0, 0.05) is 37.0 Å². The molecule has 1 aromatic carbocycles. The van der Waals surface area contributed by atoms with Crippen molar-refractivity contribution < 1.29 is 14.1 Å². The average molecular weight is 349 g/mol. The molecule has 1 aliphatic rings. The van der Waals surface area contributed by atoms with Gasteiger partial charge in [-0.3, -0.25) is 9.78 Å². The summed E-state index contributed by atoms with van der Waals surface area (Å²) < 4.78 is 11.1. The van der Waals surface area contributed by atoms with Crippen molar-refractivity contribution in [1.82, 2.24) is 15.5 Å². The fourth-order valence-electron chi connectivity index (χ4n) is 3.03. The van der Waals surface area contributed by atoms with Crippen molar-refractivity contribution in [3.63, 3.8) is 0 Å². The fraction of sp³-hybridized carbons (Fsp3) is 0.250. The van der Waals surface area contributed by atoms with Gasteiger partial charge in [-0.15, -0.1) is 0 Å². The molecule has 0 saturated carbocycles. The van der Waals surface area contributed by atoms with Gasteiger partial charge in [0.2, 0.25) is 5.91 Å². The van der Waals surface area contributed by atoms with E-state index in [1.807, 2.05) is 30.3 Å². The molecular weight excluding hydrogens is 330 g/mol. The molecule has 132 valence electrons. The van der Waals surface area contributed by atoms with Crippen LogP contribution in [0.2, 0.25) is 0 Å². The standard InChI is InChI=1S/C20H19N3O3/c1-13-8-16-9-15(2-3-18(16)25-13)19-10-17(23-26-19)11-20(24)22-12-14-4-6-21-7-5-14/h2-7,9-10,13H,8,11-12H2,1H3,(H,22,24)/t13-/m1/s1.